The number of hydrogen-bond donors (Lipinski definition) is 1. The molecule has 0 aliphatic carbocycles. The van der Waals surface area contributed by atoms with Crippen LogP contribution in [0.5, 0.6) is 5.75 Å². The van der Waals surface area contributed by atoms with Crippen LogP contribution in [0, 0.1) is 0 Å². The summed E-state index contributed by atoms with van der Waals surface area (Å²) in [4.78, 5) is 35.5. The third kappa shape index (κ3) is 2.87. The van der Waals surface area contributed by atoms with E-state index in [4.69, 9.17) is 9.72 Å². The molecule has 0 spiro atoms. The van der Waals surface area contributed by atoms with Gasteiger partial charge in [-0.25, -0.2) is 9.97 Å². The average Bonchev–Trinajstić information content (AvgIpc) is 2.86. The zero-order valence-electron chi connectivity index (χ0n) is 15.5. The van der Waals surface area contributed by atoms with Gasteiger partial charge in [-0.15, -0.1) is 0 Å². The Kier molecular flexibility index (Phi) is 4.49. The van der Waals surface area contributed by atoms with E-state index in [1.54, 1.807) is 31.5 Å². The van der Waals surface area contributed by atoms with Crippen molar-refractivity contribution in [2.45, 2.75) is 6.92 Å². The first kappa shape index (κ1) is 17.7. The Balaban J connectivity index is 1.97. The fourth-order valence-electron chi connectivity index (χ4n) is 3.27. The topological polar surface area (TPSA) is 84.4 Å². The van der Waals surface area contributed by atoms with Gasteiger partial charge < -0.3 is 15.0 Å². The monoisotopic (exact) mass is 374 g/mol. The van der Waals surface area contributed by atoms with Gasteiger partial charge in [0.1, 0.15) is 11.6 Å². The van der Waals surface area contributed by atoms with Crippen molar-refractivity contribution in [2.75, 3.05) is 23.9 Å². The highest BCUT2D eigenvalue weighted by Gasteiger charge is 2.29. The molecule has 0 unspecified atom stereocenters. The smallest absolute Gasteiger partial charge is 0.259 e. The number of pyridine rings is 2. The third-order valence-electron chi connectivity index (χ3n) is 4.62. The van der Waals surface area contributed by atoms with Crippen molar-refractivity contribution in [3.05, 3.63) is 59.8 Å². The molecule has 28 heavy (non-hydrogen) atoms. The predicted molar refractivity (Wildman–Crippen MR) is 106 cm³/mol. The first-order chi connectivity index (χ1) is 13.7. The number of aromatic nitrogens is 2. The minimum absolute atomic E-state index is 0.320. The van der Waals surface area contributed by atoms with Crippen LogP contribution in [-0.2, 0) is 0 Å². The van der Waals surface area contributed by atoms with E-state index in [1.165, 1.54) is 0 Å². The standard InChI is InChI=1S/C21H18N4O3/c1-3-25-19-16(8-5-9-22-19)21(27)24-18-14(12-26)11-17(23-20(18)25)13-6-4-7-15(10-13)28-2/h4-12H,3H2,1-2H3,(H,24,27). The molecule has 0 radical (unpaired) electrons. The van der Waals surface area contributed by atoms with E-state index < -0.39 is 0 Å². The number of carbonyl (C=O) groups excluding carboxylic acids is 2. The summed E-state index contributed by atoms with van der Waals surface area (Å²) in [6, 6.07) is 12.5. The third-order valence-corrected chi connectivity index (χ3v) is 4.62. The van der Waals surface area contributed by atoms with Crippen molar-refractivity contribution in [2.24, 2.45) is 0 Å². The Morgan fingerprint density at radius 2 is 2.04 bits per heavy atom. The molecule has 1 aliphatic heterocycles. The van der Waals surface area contributed by atoms with Gasteiger partial charge in [0.05, 0.1) is 24.1 Å². The summed E-state index contributed by atoms with van der Waals surface area (Å²) in [6.07, 6.45) is 2.36. The number of rotatable bonds is 4. The molecule has 140 valence electrons. The first-order valence-electron chi connectivity index (χ1n) is 8.84. The molecule has 1 N–H and O–H groups in total. The zero-order chi connectivity index (χ0) is 19.7. The number of nitrogens with one attached hydrogen (secondary N) is 1. The van der Waals surface area contributed by atoms with Gasteiger partial charge in [-0.1, -0.05) is 12.1 Å². The van der Waals surface area contributed by atoms with E-state index >= 15 is 0 Å². The van der Waals surface area contributed by atoms with Crippen molar-refractivity contribution in [3.63, 3.8) is 0 Å². The second kappa shape index (κ2) is 7.11. The molecule has 7 heteroatoms. The average molecular weight is 374 g/mol. The Morgan fingerprint density at radius 1 is 1.18 bits per heavy atom. The van der Waals surface area contributed by atoms with Gasteiger partial charge in [0.15, 0.2) is 12.1 Å². The highest BCUT2D eigenvalue weighted by Crippen LogP contribution is 2.38. The minimum atomic E-state index is -0.320. The van der Waals surface area contributed by atoms with Crippen molar-refractivity contribution in [1.29, 1.82) is 0 Å². The Labute approximate surface area is 162 Å². The highest BCUT2D eigenvalue weighted by atomic mass is 16.5. The molecule has 0 bridgehead atoms. The van der Waals surface area contributed by atoms with E-state index in [0.29, 0.717) is 46.4 Å². The predicted octanol–water partition coefficient (Wildman–Crippen LogP) is 3.69. The van der Waals surface area contributed by atoms with Gasteiger partial charge in [-0.05, 0) is 37.3 Å². The van der Waals surface area contributed by atoms with Gasteiger partial charge in [0.25, 0.3) is 5.91 Å². The maximum Gasteiger partial charge on any atom is 0.259 e. The van der Waals surface area contributed by atoms with Gasteiger partial charge in [-0.2, -0.15) is 0 Å². The molecule has 7 nitrogen and oxygen atoms in total. The van der Waals surface area contributed by atoms with Crippen LogP contribution >= 0.6 is 0 Å². The summed E-state index contributed by atoms with van der Waals surface area (Å²) in [5.41, 5.74) is 2.57. The number of fused-ring (bicyclic) bond motifs is 2. The van der Waals surface area contributed by atoms with Gasteiger partial charge >= 0.3 is 0 Å². The molecular weight excluding hydrogens is 356 g/mol. The number of amides is 1. The lowest BCUT2D eigenvalue weighted by Crippen LogP contribution is -2.20. The molecule has 0 saturated carbocycles. The highest BCUT2D eigenvalue weighted by molar-refractivity contribution is 6.13. The summed E-state index contributed by atoms with van der Waals surface area (Å²) in [5, 5.41) is 2.82. The van der Waals surface area contributed by atoms with Crippen LogP contribution in [0.4, 0.5) is 17.3 Å². The number of nitrogens with zero attached hydrogens (tertiary/aromatic N) is 3. The number of aldehydes is 1. The second-order valence-electron chi connectivity index (χ2n) is 6.22. The van der Waals surface area contributed by atoms with Crippen LogP contribution in [0.3, 0.4) is 0 Å². The fraction of sp³-hybridized carbons (Fsp3) is 0.143. The summed E-state index contributed by atoms with van der Waals surface area (Å²) >= 11 is 0. The zero-order valence-corrected chi connectivity index (χ0v) is 15.5. The lowest BCUT2D eigenvalue weighted by Gasteiger charge is -2.23. The minimum Gasteiger partial charge on any atom is -0.497 e. The summed E-state index contributed by atoms with van der Waals surface area (Å²) in [6.45, 7) is 2.47. The Hall–Kier alpha value is -3.74. The Bertz CT molecular complexity index is 1080. The van der Waals surface area contributed by atoms with E-state index in [-0.39, 0.29) is 5.91 Å². The van der Waals surface area contributed by atoms with E-state index in [9.17, 15) is 9.59 Å². The van der Waals surface area contributed by atoms with Gasteiger partial charge in [-0.3, -0.25) is 9.59 Å². The van der Waals surface area contributed by atoms with Crippen LogP contribution in [0.25, 0.3) is 11.3 Å². The molecular formula is C21H18N4O3. The maximum atomic E-state index is 12.7. The molecule has 1 amide bonds. The van der Waals surface area contributed by atoms with E-state index in [2.05, 4.69) is 10.3 Å². The number of hydrogen-bond acceptors (Lipinski definition) is 6. The van der Waals surface area contributed by atoms with Crippen LogP contribution in [0.2, 0.25) is 0 Å². The quantitative estimate of drug-likeness (QED) is 0.701. The van der Waals surface area contributed by atoms with Crippen LogP contribution < -0.4 is 15.0 Å². The van der Waals surface area contributed by atoms with Crippen molar-refractivity contribution in [1.82, 2.24) is 9.97 Å². The Morgan fingerprint density at radius 3 is 2.79 bits per heavy atom. The summed E-state index contributed by atoms with van der Waals surface area (Å²) in [5.74, 6) is 1.36. The number of carbonyl (C=O) groups is 2. The molecule has 0 saturated heterocycles. The normalized spacial score (nSPS) is 12.5. The number of anilines is 3. The lowest BCUT2D eigenvalue weighted by molar-refractivity contribution is 0.102. The summed E-state index contributed by atoms with van der Waals surface area (Å²) in [7, 11) is 1.59. The van der Waals surface area contributed by atoms with Gasteiger partial charge in [0, 0.05) is 23.9 Å². The van der Waals surface area contributed by atoms with Gasteiger partial charge in [0.2, 0.25) is 0 Å². The molecule has 1 aliphatic rings. The number of benzene rings is 1. The second-order valence-corrected chi connectivity index (χ2v) is 6.22. The fourth-order valence-corrected chi connectivity index (χ4v) is 3.27. The van der Waals surface area contributed by atoms with Crippen LogP contribution in [0.15, 0.2) is 48.7 Å². The first-order valence-corrected chi connectivity index (χ1v) is 8.84. The van der Waals surface area contributed by atoms with Crippen molar-refractivity contribution >= 4 is 29.5 Å². The molecule has 2 aromatic heterocycles. The summed E-state index contributed by atoms with van der Waals surface area (Å²) < 4.78 is 5.29. The van der Waals surface area contributed by atoms with E-state index in [0.717, 1.165) is 11.8 Å². The molecule has 3 aromatic rings. The molecule has 3 heterocycles. The molecule has 0 fully saturated rings. The van der Waals surface area contributed by atoms with Crippen LogP contribution in [-0.4, -0.2) is 35.8 Å². The molecule has 1 aromatic carbocycles. The maximum absolute atomic E-state index is 12.7. The molecule has 4 rings (SSSR count). The van der Waals surface area contributed by atoms with Crippen molar-refractivity contribution < 1.29 is 14.3 Å². The van der Waals surface area contributed by atoms with Crippen LogP contribution in [0.1, 0.15) is 27.6 Å². The largest absolute Gasteiger partial charge is 0.497 e. The lowest BCUT2D eigenvalue weighted by atomic mass is 10.1. The molecule has 0 atom stereocenters. The van der Waals surface area contributed by atoms with E-state index in [1.807, 2.05) is 36.1 Å². The van der Waals surface area contributed by atoms with Crippen molar-refractivity contribution in [3.8, 4) is 17.0 Å². The number of methoxy groups -OCH3 is 1. The SMILES string of the molecule is CCN1c2ncccc2C(=O)Nc2c(C=O)cc(-c3cccc(OC)c3)nc21. The number of ether oxygens (including phenoxy) is 1.